The smallest absolute Gasteiger partial charge is 0.186 e. The Labute approximate surface area is 110 Å². The van der Waals surface area contributed by atoms with Crippen LogP contribution in [0.25, 0.3) is 0 Å². The van der Waals surface area contributed by atoms with Crippen molar-refractivity contribution in [3.05, 3.63) is 0 Å². The van der Waals surface area contributed by atoms with Crippen molar-refractivity contribution in [1.29, 1.82) is 0 Å². The standard InChI is InChI=1S/C13H25N3S/c1-5-14-12(17)16-15-11-8-6-10(7-9-11)13(2,3)4/h10H,5-9H2,1-4H3,(H2,14,16,17). The van der Waals surface area contributed by atoms with Crippen molar-refractivity contribution in [1.82, 2.24) is 10.7 Å². The first kappa shape index (κ1) is 14.4. The zero-order chi connectivity index (χ0) is 12.9. The van der Waals surface area contributed by atoms with Crippen molar-refractivity contribution in [2.75, 3.05) is 6.54 Å². The SMILES string of the molecule is CCNC(=S)NN=C1CCC(C(C)(C)C)CC1. The molecule has 0 saturated heterocycles. The Morgan fingerprint density at radius 3 is 2.41 bits per heavy atom. The van der Waals surface area contributed by atoms with E-state index in [0.29, 0.717) is 10.5 Å². The molecule has 1 rings (SSSR count). The zero-order valence-electron chi connectivity index (χ0n) is 11.5. The maximum atomic E-state index is 5.07. The van der Waals surface area contributed by atoms with Crippen molar-refractivity contribution in [3.8, 4) is 0 Å². The molecule has 1 fully saturated rings. The fraction of sp³-hybridized carbons (Fsp3) is 0.846. The minimum Gasteiger partial charge on any atom is -0.362 e. The van der Waals surface area contributed by atoms with E-state index in [2.05, 4.69) is 36.6 Å². The Morgan fingerprint density at radius 2 is 1.94 bits per heavy atom. The van der Waals surface area contributed by atoms with Gasteiger partial charge in [0.1, 0.15) is 0 Å². The van der Waals surface area contributed by atoms with Crippen LogP contribution in [0.15, 0.2) is 5.10 Å². The van der Waals surface area contributed by atoms with E-state index in [1.165, 1.54) is 18.6 Å². The first-order valence-electron chi connectivity index (χ1n) is 6.52. The molecule has 3 nitrogen and oxygen atoms in total. The second kappa shape index (κ2) is 6.34. The molecule has 0 heterocycles. The molecule has 1 aliphatic rings. The van der Waals surface area contributed by atoms with Crippen molar-refractivity contribution >= 4 is 23.0 Å². The highest BCUT2D eigenvalue weighted by atomic mass is 32.1. The van der Waals surface area contributed by atoms with Gasteiger partial charge in [-0.1, -0.05) is 20.8 Å². The molecule has 0 amide bonds. The number of rotatable bonds is 2. The van der Waals surface area contributed by atoms with Gasteiger partial charge >= 0.3 is 0 Å². The van der Waals surface area contributed by atoms with E-state index in [1.807, 2.05) is 6.92 Å². The minimum absolute atomic E-state index is 0.429. The Kier molecular flexibility index (Phi) is 5.37. The molecule has 1 aliphatic carbocycles. The molecule has 0 radical (unpaired) electrons. The summed E-state index contributed by atoms with van der Waals surface area (Å²) in [7, 11) is 0. The fourth-order valence-electron chi connectivity index (χ4n) is 2.26. The third-order valence-corrected chi connectivity index (χ3v) is 3.68. The zero-order valence-corrected chi connectivity index (χ0v) is 12.3. The van der Waals surface area contributed by atoms with E-state index in [4.69, 9.17) is 12.2 Å². The van der Waals surface area contributed by atoms with Crippen LogP contribution in [0.3, 0.4) is 0 Å². The van der Waals surface area contributed by atoms with Crippen molar-refractivity contribution < 1.29 is 0 Å². The maximum Gasteiger partial charge on any atom is 0.186 e. The number of hydrogen-bond donors (Lipinski definition) is 2. The van der Waals surface area contributed by atoms with Gasteiger partial charge in [0, 0.05) is 12.3 Å². The Morgan fingerprint density at radius 1 is 1.35 bits per heavy atom. The predicted octanol–water partition coefficient (Wildman–Crippen LogP) is 3.06. The molecule has 0 unspecified atom stereocenters. The van der Waals surface area contributed by atoms with Crippen LogP contribution < -0.4 is 10.7 Å². The first-order valence-corrected chi connectivity index (χ1v) is 6.93. The monoisotopic (exact) mass is 255 g/mol. The average molecular weight is 255 g/mol. The van der Waals surface area contributed by atoms with Crippen LogP contribution >= 0.6 is 12.2 Å². The summed E-state index contributed by atoms with van der Waals surface area (Å²) < 4.78 is 0. The van der Waals surface area contributed by atoms with E-state index in [-0.39, 0.29) is 0 Å². The lowest BCUT2D eigenvalue weighted by Crippen LogP contribution is -2.33. The molecular formula is C13H25N3S. The third kappa shape index (κ3) is 5.02. The summed E-state index contributed by atoms with van der Waals surface area (Å²) in [4.78, 5) is 0. The van der Waals surface area contributed by atoms with Crippen LogP contribution in [0, 0.1) is 11.3 Å². The molecule has 0 aromatic heterocycles. The lowest BCUT2D eigenvalue weighted by Gasteiger charge is -2.34. The summed E-state index contributed by atoms with van der Waals surface area (Å²) in [6, 6.07) is 0. The lowest BCUT2D eigenvalue weighted by atomic mass is 9.72. The highest BCUT2D eigenvalue weighted by Gasteiger charge is 2.27. The number of nitrogens with one attached hydrogen (secondary N) is 2. The first-order chi connectivity index (χ1) is 7.93. The van der Waals surface area contributed by atoms with E-state index < -0.39 is 0 Å². The van der Waals surface area contributed by atoms with E-state index in [9.17, 15) is 0 Å². The maximum absolute atomic E-state index is 5.07. The van der Waals surface area contributed by atoms with E-state index in [1.54, 1.807) is 0 Å². The second-order valence-electron chi connectivity index (χ2n) is 5.79. The quantitative estimate of drug-likeness (QED) is 0.588. The Balaban J connectivity index is 2.36. The van der Waals surface area contributed by atoms with Gasteiger partial charge in [0.05, 0.1) is 0 Å². The average Bonchev–Trinajstić information content (AvgIpc) is 2.26. The minimum atomic E-state index is 0.429. The molecule has 2 N–H and O–H groups in total. The molecule has 17 heavy (non-hydrogen) atoms. The van der Waals surface area contributed by atoms with Crippen LogP contribution in [-0.2, 0) is 0 Å². The van der Waals surface area contributed by atoms with Gasteiger partial charge in [0.15, 0.2) is 5.11 Å². The van der Waals surface area contributed by atoms with Crippen LogP contribution in [-0.4, -0.2) is 17.4 Å². The molecule has 0 atom stereocenters. The highest BCUT2D eigenvalue weighted by Crippen LogP contribution is 2.36. The number of nitrogens with zero attached hydrogens (tertiary/aromatic N) is 1. The van der Waals surface area contributed by atoms with E-state index in [0.717, 1.165) is 25.3 Å². The largest absolute Gasteiger partial charge is 0.362 e. The fourth-order valence-corrected chi connectivity index (χ4v) is 2.45. The highest BCUT2D eigenvalue weighted by molar-refractivity contribution is 7.80. The lowest BCUT2D eigenvalue weighted by molar-refractivity contribution is 0.208. The third-order valence-electron chi connectivity index (χ3n) is 3.44. The van der Waals surface area contributed by atoms with Crippen LogP contribution in [0.2, 0.25) is 0 Å². The normalized spacial score (nSPS) is 20.9. The molecule has 0 aromatic rings. The van der Waals surface area contributed by atoms with Gasteiger partial charge in [-0.3, -0.25) is 5.43 Å². The molecule has 1 saturated carbocycles. The topological polar surface area (TPSA) is 36.4 Å². The summed E-state index contributed by atoms with van der Waals surface area (Å²) in [6.07, 6.45) is 4.70. The van der Waals surface area contributed by atoms with Gasteiger partial charge in [-0.25, -0.2) is 0 Å². The van der Waals surface area contributed by atoms with Gasteiger partial charge in [-0.2, -0.15) is 5.10 Å². The Hall–Kier alpha value is -0.640. The van der Waals surface area contributed by atoms with Gasteiger partial charge in [0.25, 0.3) is 0 Å². The van der Waals surface area contributed by atoms with E-state index >= 15 is 0 Å². The van der Waals surface area contributed by atoms with Crippen LogP contribution in [0.5, 0.6) is 0 Å². The molecule has 0 bridgehead atoms. The summed E-state index contributed by atoms with van der Waals surface area (Å²) in [5.74, 6) is 0.821. The summed E-state index contributed by atoms with van der Waals surface area (Å²) in [6.45, 7) is 9.85. The molecule has 0 spiro atoms. The van der Waals surface area contributed by atoms with Crippen molar-refractivity contribution in [2.45, 2.75) is 53.4 Å². The Bertz CT molecular complexity index is 282. The predicted molar refractivity (Wildman–Crippen MR) is 78.3 cm³/mol. The van der Waals surface area contributed by atoms with Gasteiger partial charge in [-0.05, 0) is 56.2 Å². The number of hydrogen-bond acceptors (Lipinski definition) is 2. The molecule has 0 aliphatic heterocycles. The molecule has 98 valence electrons. The molecular weight excluding hydrogens is 230 g/mol. The van der Waals surface area contributed by atoms with Crippen LogP contribution in [0.4, 0.5) is 0 Å². The van der Waals surface area contributed by atoms with Crippen molar-refractivity contribution in [3.63, 3.8) is 0 Å². The summed E-state index contributed by atoms with van der Waals surface area (Å²) in [5, 5.41) is 8.04. The number of thiocarbonyl (C=S) groups is 1. The van der Waals surface area contributed by atoms with Gasteiger partial charge in [0.2, 0.25) is 0 Å². The molecule has 4 heteroatoms. The van der Waals surface area contributed by atoms with Gasteiger partial charge in [-0.15, -0.1) is 0 Å². The van der Waals surface area contributed by atoms with Crippen LogP contribution in [0.1, 0.15) is 53.4 Å². The molecule has 0 aromatic carbocycles. The summed E-state index contributed by atoms with van der Waals surface area (Å²) >= 11 is 5.07. The summed E-state index contributed by atoms with van der Waals surface area (Å²) in [5.41, 5.74) is 4.60. The number of hydrazone groups is 1. The van der Waals surface area contributed by atoms with Gasteiger partial charge < -0.3 is 5.32 Å². The second-order valence-corrected chi connectivity index (χ2v) is 6.20. The van der Waals surface area contributed by atoms with Crippen molar-refractivity contribution in [2.24, 2.45) is 16.4 Å².